The van der Waals surface area contributed by atoms with Crippen molar-refractivity contribution >= 4 is 5.91 Å². The molecule has 0 spiro atoms. The third kappa shape index (κ3) is 3.79. The number of amides is 1. The summed E-state index contributed by atoms with van der Waals surface area (Å²) in [6.45, 7) is 6.24. The Morgan fingerprint density at radius 2 is 2.19 bits per heavy atom. The van der Waals surface area contributed by atoms with E-state index in [0.717, 1.165) is 47.7 Å². The average Bonchev–Trinajstić information content (AvgIpc) is 3.32. The summed E-state index contributed by atoms with van der Waals surface area (Å²) in [5, 5.41) is 4.52. The van der Waals surface area contributed by atoms with E-state index in [4.69, 9.17) is 0 Å². The number of piperidine rings is 1. The topological polar surface area (TPSA) is 66.8 Å². The average molecular weight is 363 g/mol. The van der Waals surface area contributed by atoms with Crippen LogP contribution in [0.2, 0.25) is 0 Å². The molecule has 6 nitrogen and oxygen atoms in total. The summed E-state index contributed by atoms with van der Waals surface area (Å²) in [5.41, 5.74) is 3.97. The number of aryl methyl sites for hydroxylation is 2. The van der Waals surface area contributed by atoms with E-state index in [1.54, 1.807) is 6.20 Å². The molecule has 0 saturated carbocycles. The predicted octanol–water partition coefficient (Wildman–Crippen LogP) is 3.29. The van der Waals surface area contributed by atoms with Crippen LogP contribution in [0.4, 0.5) is 0 Å². The number of hydrogen-bond donors (Lipinski definition) is 1. The monoisotopic (exact) mass is 363 g/mol. The van der Waals surface area contributed by atoms with E-state index in [1.807, 2.05) is 40.9 Å². The first kappa shape index (κ1) is 17.5. The minimum atomic E-state index is 0.0986. The van der Waals surface area contributed by atoms with Gasteiger partial charge in [0, 0.05) is 42.7 Å². The number of aromatic nitrogens is 4. The quantitative estimate of drug-likeness (QED) is 0.773. The molecule has 0 radical (unpaired) electrons. The summed E-state index contributed by atoms with van der Waals surface area (Å²) in [6, 6.07) is 9.98. The van der Waals surface area contributed by atoms with Crippen LogP contribution in [0.5, 0.6) is 0 Å². The molecule has 2 aromatic heterocycles. The number of imidazole rings is 1. The first-order valence-electron chi connectivity index (χ1n) is 9.48. The number of nitrogens with one attached hydrogen (secondary N) is 1. The molecule has 1 fully saturated rings. The van der Waals surface area contributed by atoms with Crippen LogP contribution >= 0.6 is 0 Å². The van der Waals surface area contributed by atoms with Gasteiger partial charge in [0.15, 0.2) is 0 Å². The van der Waals surface area contributed by atoms with Crippen LogP contribution in [0.3, 0.4) is 0 Å². The maximum Gasteiger partial charge on any atom is 0.253 e. The van der Waals surface area contributed by atoms with Crippen molar-refractivity contribution in [3.05, 3.63) is 71.1 Å². The van der Waals surface area contributed by atoms with Crippen LogP contribution in [-0.4, -0.2) is 43.6 Å². The second-order valence-electron chi connectivity index (χ2n) is 7.35. The molecule has 6 heteroatoms. The fourth-order valence-corrected chi connectivity index (χ4v) is 3.88. The Morgan fingerprint density at radius 3 is 2.93 bits per heavy atom. The molecule has 1 aliphatic rings. The number of likely N-dealkylation sites (tertiary alicyclic amines) is 1. The summed E-state index contributed by atoms with van der Waals surface area (Å²) in [4.78, 5) is 22.6. The van der Waals surface area contributed by atoms with Crippen molar-refractivity contribution in [3.63, 3.8) is 0 Å². The van der Waals surface area contributed by atoms with E-state index in [2.05, 4.69) is 34.1 Å². The van der Waals surface area contributed by atoms with Crippen molar-refractivity contribution in [1.29, 1.82) is 0 Å². The summed E-state index contributed by atoms with van der Waals surface area (Å²) < 4.78 is 1.98. The van der Waals surface area contributed by atoms with Gasteiger partial charge in [-0.25, -0.2) is 4.98 Å². The van der Waals surface area contributed by atoms with Crippen molar-refractivity contribution in [2.75, 3.05) is 13.1 Å². The van der Waals surface area contributed by atoms with Crippen LogP contribution in [-0.2, 0) is 6.54 Å². The van der Waals surface area contributed by atoms with E-state index >= 15 is 0 Å². The minimum Gasteiger partial charge on any atom is -0.348 e. The third-order valence-corrected chi connectivity index (χ3v) is 5.22. The van der Waals surface area contributed by atoms with Gasteiger partial charge in [0.2, 0.25) is 0 Å². The molecule has 0 aliphatic carbocycles. The molecule has 1 unspecified atom stereocenters. The van der Waals surface area contributed by atoms with Crippen molar-refractivity contribution in [2.24, 2.45) is 0 Å². The third-order valence-electron chi connectivity index (χ3n) is 5.22. The highest BCUT2D eigenvalue weighted by atomic mass is 16.2. The Kier molecular flexibility index (Phi) is 4.79. The number of carbonyl (C=O) groups excluding carboxylic acids is 1. The maximum atomic E-state index is 13.1. The molecule has 4 rings (SSSR count). The fraction of sp³-hybridized carbons (Fsp3) is 0.381. The Hall–Kier alpha value is -2.89. The number of benzene rings is 1. The molecular weight excluding hydrogens is 338 g/mol. The molecule has 1 atom stereocenters. The zero-order valence-corrected chi connectivity index (χ0v) is 15.9. The Bertz CT molecular complexity index is 928. The number of hydrogen-bond acceptors (Lipinski definition) is 3. The number of H-pyrrole nitrogens is 1. The van der Waals surface area contributed by atoms with E-state index in [-0.39, 0.29) is 11.8 Å². The SMILES string of the molecule is Cc1cc(C)n(Cc2cccc(C(=O)N3CCCC(c4ncc[nH]4)C3)c2)n1. The van der Waals surface area contributed by atoms with E-state index in [0.29, 0.717) is 13.1 Å². The standard InChI is InChI=1S/C21H25N5O/c1-15-11-16(2)26(24-15)13-17-5-3-6-18(12-17)21(27)25-10-4-7-19(14-25)20-22-8-9-23-20/h3,5-6,8-9,11-12,19H,4,7,10,13-14H2,1-2H3,(H,22,23). The normalized spacial score (nSPS) is 17.3. The number of rotatable bonds is 4. The molecular formula is C21H25N5O. The van der Waals surface area contributed by atoms with Gasteiger partial charge in [-0.1, -0.05) is 12.1 Å². The lowest BCUT2D eigenvalue weighted by atomic mass is 9.96. The highest BCUT2D eigenvalue weighted by Crippen LogP contribution is 2.25. The molecule has 27 heavy (non-hydrogen) atoms. The van der Waals surface area contributed by atoms with Gasteiger partial charge < -0.3 is 9.88 Å². The molecule has 1 aromatic carbocycles. The van der Waals surface area contributed by atoms with Crippen molar-refractivity contribution in [1.82, 2.24) is 24.6 Å². The largest absolute Gasteiger partial charge is 0.348 e. The van der Waals surface area contributed by atoms with Crippen LogP contribution in [0, 0.1) is 13.8 Å². The molecule has 1 N–H and O–H groups in total. The van der Waals surface area contributed by atoms with Gasteiger partial charge in [-0.2, -0.15) is 5.10 Å². The molecule has 0 bridgehead atoms. The second kappa shape index (κ2) is 7.39. The smallest absolute Gasteiger partial charge is 0.253 e. The first-order chi connectivity index (χ1) is 13.1. The van der Waals surface area contributed by atoms with Crippen LogP contribution in [0.25, 0.3) is 0 Å². The van der Waals surface area contributed by atoms with Crippen molar-refractivity contribution < 1.29 is 4.79 Å². The van der Waals surface area contributed by atoms with Gasteiger partial charge >= 0.3 is 0 Å². The molecule has 1 aliphatic heterocycles. The van der Waals surface area contributed by atoms with E-state index in [9.17, 15) is 4.79 Å². The van der Waals surface area contributed by atoms with Gasteiger partial charge in [-0.15, -0.1) is 0 Å². The zero-order chi connectivity index (χ0) is 18.8. The van der Waals surface area contributed by atoms with E-state index < -0.39 is 0 Å². The van der Waals surface area contributed by atoms with Crippen molar-refractivity contribution in [3.8, 4) is 0 Å². The predicted molar refractivity (Wildman–Crippen MR) is 104 cm³/mol. The lowest BCUT2D eigenvalue weighted by Gasteiger charge is -2.32. The maximum absolute atomic E-state index is 13.1. The zero-order valence-electron chi connectivity index (χ0n) is 15.9. The molecule has 1 amide bonds. The molecule has 1 saturated heterocycles. The lowest BCUT2D eigenvalue weighted by molar-refractivity contribution is 0.0704. The van der Waals surface area contributed by atoms with Crippen molar-refractivity contribution in [2.45, 2.75) is 39.2 Å². The number of nitrogens with zero attached hydrogens (tertiary/aromatic N) is 4. The van der Waals surface area contributed by atoms with Gasteiger partial charge in [0.05, 0.1) is 12.2 Å². The highest BCUT2D eigenvalue weighted by Gasteiger charge is 2.26. The van der Waals surface area contributed by atoms with Gasteiger partial charge in [-0.3, -0.25) is 9.48 Å². The Labute approximate surface area is 159 Å². The van der Waals surface area contributed by atoms with Gasteiger partial charge in [-0.05, 0) is 50.5 Å². The Morgan fingerprint density at radius 1 is 1.30 bits per heavy atom. The Balaban J connectivity index is 1.49. The molecule has 140 valence electrons. The first-order valence-corrected chi connectivity index (χ1v) is 9.48. The fourth-order valence-electron chi connectivity index (χ4n) is 3.88. The van der Waals surface area contributed by atoms with Crippen LogP contribution < -0.4 is 0 Å². The lowest BCUT2D eigenvalue weighted by Crippen LogP contribution is -2.39. The summed E-state index contributed by atoms with van der Waals surface area (Å²) >= 11 is 0. The van der Waals surface area contributed by atoms with Crippen LogP contribution in [0.15, 0.2) is 42.7 Å². The molecule has 3 heterocycles. The minimum absolute atomic E-state index is 0.0986. The summed E-state index contributed by atoms with van der Waals surface area (Å²) in [7, 11) is 0. The highest BCUT2D eigenvalue weighted by molar-refractivity contribution is 5.94. The van der Waals surface area contributed by atoms with Crippen LogP contribution in [0.1, 0.15) is 51.9 Å². The summed E-state index contributed by atoms with van der Waals surface area (Å²) in [5.74, 6) is 1.36. The van der Waals surface area contributed by atoms with E-state index in [1.165, 1.54) is 0 Å². The number of carbonyl (C=O) groups is 1. The molecule has 3 aromatic rings. The second-order valence-corrected chi connectivity index (χ2v) is 7.35. The van der Waals surface area contributed by atoms with Gasteiger partial charge in [0.1, 0.15) is 5.82 Å². The van der Waals surface area contributed by atoms with Gasteiger partial charge in [0.25, 0.3) is 5.91 Å². The summed E-state index contributed by atoms with van der Waals surface area (Å²) in [6.07, 6.45) is 5.69. The number of aromatic amines is 1.